The second-order valence-electron chi connectivity index (χ2n) is 11.8. The predicted octanol–water partition coefficient (Wildman–Crippen LogP) is 3.64. The largest absolute Gasteiger partial charge is 0.445 e. The van der Waals surface area contributed by atoms with Crippen molar-refractivity contribution >= 4 is 34.6 Å². The standard InChI is InChI=1S/C31H37FN4O6/c1-18(35(5)30(41)42-17-19-9-7-6-8-10-19)28(39)34-27(31(2,3)4)29(40)36-16-21(37)14-25(36)26(38)23-15-33-24-13-20(32)11-12-22(23)24/h6-13,15,18,21,25,27,33,37H,14,16-17H2,1-5H3,(H,34,39)/t18-,21-,25-,27+/m0/s1. The summed E-state index contributed by atoms with van der Waals surface area (Å²) in [4.78, 5) is 58.8. The molecule has 4 rings (SSSR count). The highest BCUT2D eigenvalue weighted by atomic mass is 19.1. The van der Waals surface area contributed by atoms with E-state index in [0.29, 0.717) is 10.9 Å². The molecule has 11 heteroatoms. The maximum Gasteiger partial charge on any atom is 0.410 e. The van der Waals surface area contributed by atoms with Crippen molar-refractivity contribution in [2.45, 2.75) is 65.0 Å². The topological polar surface area (TPSA) is 132 Å². The summed E-state index contributed by atoms with van der Waals surface area (Å²) in [5.41, 5.74) is 0.738. The molecule has 3 amide bonds. The van der Waals surface area contributed by atoms with Gasteiger partial charge in [-0.3, -0.25) is 19.3 Å². The van der Waals surface area contributed by atoms with E-state index in [1.165, 1.54) is 43.3 Å². The van der Waals surface area contributed by atoms with Crippen LogP contribution in [0.5, 0.6) is 0 Å². The number of hydrogen-bond acceptors (Lipinski definition) is 6. The summed E-state index contributed by atoms with van der Waals surface area (Å²) in [5.74, 6) is -1.96. The lowest BCUT2D eigenvalue weighted by molar-refractivity contribution is -0.140. The van der Waals surface area contributed by atoms with E-state index >= 15 is 0 Å². The Hall–Kier alpha value is -4.25. The lowest BCUT2D eigenvalue weighted by atomic mass is 9.85. The molecule has 1 aromatic heterocycles. The number of ketones is 1. The normalized spacial score (nSPS) is 18.4. The van der Waals surface area contributed by atoms with Crippen molar-refractivity contribution in [3.05, 3.63) is 71.7 Å². The molecule has 4 atom stereocenters. The number of nitrogens with zero attached hydrogens (tertiary/aromatic N) is 2. The van der Waals surface area contributed by atoms with Crippen molar-refractivity contribution in [3.63, 3.8) is 0 Å². The van der Waals surface area contributed by atoms with Crippen molar-refractivity contribution in [2.24, 2.45) is 5.41 Å². The maximum atomic E-state index is 13.9. The maximum absolute atomic E-state index is 13.9. The number of nitrogens with one attached hydrogen (secondary N) is 2. The molecule has 2 heterocycles. The van der Waals surface area contributed by atoms with Crippen molar-refractivity contribution in [3.8, 4) is 0 Å². The average Bonchev–Trinajstić information content (AvgIpc) is 3.56. The van der Waals surface area contributed by atoms with Gasteiger partial charge in [0, 0.05) is 42.7 Å². The first kappa shape index (κ1) is 30.7. The minimum atomic E-state index is -1.07. The Morgan fingerprint density at radius 3 is 2.52 bits per heavy atom. The third-order valence-electron chi connectivity index (χ3n) is 7.63. The van der Waals surface area contributed by atoms with Crippen LogP contribution in [0.4, 0.5) is 9.18 Å². The number of rotatable bonds is 8. The van der Waals surface area contributed by atoms with Gasteiger partial charge in [0.2, 0.25) is 11.8 Å². The number of aliphatic hydroxyl groups excluding tert-OH is 1. The number of aliphatic hydroxyl groups is 1. The van der Waals surface area contributed by atoms with Gasteiger partial charge in [0.15, 0.2) is 5.78 Å². The van der Waals surface area contributed by atoms with Gasteiger partial charge in [0.25, 0.3) is 0 Å². The second kappa shape index (κ2) is 12.3. The number of H-pyrrole nitrogens is 1. The van der Waals surface area contributed by atoms with Gasteiger partial charge in [0.05, 0.1) is 12.1 Å². The fourth-order valence-corrected chi connectivity index (χ4v) is 5.02. The fourth-order valence-electron chi connectivity index (χ4n) is 5.02. The number of β-amino-alcohol motifs (C(OH)–C–C–N with tert-alkyl or cyclic N) is 1. The van der Waals surface area contributed by atoms with Gasteiger partial charge in [-0.2, -0.15) is 0 Å². The number of Topliss-reactive ketones (excluding diaryl/α,β-unsaturated/α-hetero) is 1. The summed E-state index contributed by atoms with van der Waals surface area (Å²) in [5, 5.41) is 13.8. The molecule has 3 aromatic rings. The third-order valence-corrected chi connectivity index (χ3v) is 7.63. The summed E-state index contributed by atoms with van der Waals surface area (Å²) in [7, 11) is 1.43. The van der Waals surface area contributed by atoms with Crippen molar-refractivity contribution in [1.29, 1.82) is 0 Å². The van der Waals surface area contributed by atoms with E-state index in [4.69, 9.17) is 4.74 Å². The lowest BCUT2D eigenvalue weighted by Gasteiger charge is -2.36. The minimum Gasteiger partial charge on any atom is -0.445 e. The number of aromatic amines is 1. The van der Waals surface area contributed by atoms with E-state index in [-0.39, 0.29) is 25.1 Å². The molecule has 42 heavy (non-hydrogen) atoms. The van der Waals surface area contributed by atoms with Crippen molar-refractivity contribution in [2.75, 3.05) is 13.6 Å². The Morgan fingerprint density at radius 2 is 1.86 bits per heavy atom. The SMILES string of the molecule is C[C@@H](C(=O)N[C@H](C(=O)N1C[C@@H](O)C[C@H]1C(=O)c1c[nH]c2cc(F)ccc12)C(C)(C)C)N(C)C(=O)OCc1ccccc1. The number of aromatic nitrogens is 1. The minimum absolute atomic E-state index is 0.0235. The lowest BCUT2D eigenvalue weighted by Crippen LogP contribution is -2.59. The van der Waals surface area contributed by atoms with Gasteiger partial charge in [-0.1, -0.05) is 51.1 Å². The molecule has 3 N–H and O–H groups in total. The molecule has 1 fully saturated rings. The molecule has 2 aromatic carbocycles. The van der Waals surface area contributed by atoms with E-state index in [9.17, 15) is 28.7 Å². The number of likely N-dealkylation sites (N-methyl/N-ethyl adjacent to an activating group) is 1. The zero-order chi connectivity index (χ0) is 30.8. The van der Waals surface area contributed by atoms with E-state index in [1.807, 2.05) is 30.3 Å². The van der Waals surface area contributed by atoms with Gasteiger partial charge in [-0.05, 0) is 36.1 Å². The van der Waals surface area contributed by atoms with Crippen LogP contribution < -0.4 is 5.32 Å². The van der Waals surface area contributed by atoms with Gasteiger partial charge < -0.3 is 25.0 Å². The number of fused-ring (bicyclic) bond motifs is 1. The molecule has 1 aliphatic heterocycles. The van der Waals surface area contributed by atoms with E-state index < -0.39 is 59.2 Å². The number of carbonyl (C=O) groups is 4. The first-order valence-corrected chi connectivity index (χ1v) is 13.8. The van der Waals surface area contributed by atoms with E-state index in [1.54, 1.807) is 20.8 Å². The fraction of sp³-hybridized carbons (Fsp3) is 0.419. The molecular formula is C31H37FN4O6. The molecule has 224 valence electrons. The number of halogens is 1. The Morgan fingerprint density at radius 1 is 1.17 bits per heavy atom. The summed E-state index contributed by atoms with van der Waals surface area (Å²) >= 11 is 0. The van der Waals surface area contributed by atoms with Crippen molar-refractivity contribution in [1.82, 2.24) is 20.1 Å². The predicted molar refractivity (Wildman–Crippen MR) is 154 cm³/mol. The Balaban J connectivity index is 1.48. The molecule has 0 radical (unpaired) electrons. The smallest absolute Gasteiger partial charge is 0.410 e. The molecule has 0 aliphatic carbocycles. The van der Waals surface area contributed by atoms with E-state index in [2.05, 4.69) is 10.3 Å². The Labute approximate surface area is 243 Å². The van der Waals surface area contributed by atoms with Gasteiger partial charge in [-0.25, -0.2) is 9.18 Å². The summed E-state index contributed by atoms with van der Waals surface area (Å²) < 4.78 is 19.0. The summed E-state index contributed by atoms with van der Waals surface area (Å²) in [6, 6.07) is 10.1. The highest BCUT2D eigenvalue weighted by Crippen LogP contribution is 2.30. The first-order valence-electron chi connectivity index (χ1n) is 13.8. The number of likely N-dealkylation sites (tertiary alicyclic amines) is 1. The van der Waals surface area contributed by atoms with Crippen LogP contribution in [0.3, 0.4) is 0 Å². The quantitative estimate of drug-likeness (QED) is 0.349. The third kappa shape index (κ3) is 6.62. The van der Waals surface area contributed by atoms with Crippen LogP contribution in [-0.2, 0) is 20.9 Å². The highest BCUT2D eigenvalue weighted by molar-refractivity contribution is 6.11. The highest BCUT2D eigenvalue weighted by Gasteiger charge is 2.45. The number of hydrogen-bond donors (Lipinski definition) is 3. The van der Waals surface area contributed by atoms with Crippen LogP contribution in [-0.4, -0.2) is 81.4 Å². The van der Waals surface area contributed by atoms with Crippen LogP contribution in [0.25, 0.3) is 10.9 Å². The molecule has 1 saturated heterocycles. The monoisotopic (exact) mass is 580 g/mol. The molecular weight excluding hydrogens is 543 g/mol. The zero-order valence-corrected chi connectivity index (χ0v) is 24.4. The van der Waals surface area contributed by atoms with Crippen molar-refractivity contribution < 1.29 is 33.4 Å². The number of amides is 3. The Kier molecular flexibility index (Phi) is 9.00. The summed E-state index contributed by atoms with van der Waals surface area (Å²) in [6.07, 6.45) is -0.147. The van der Waals surface area contributed by atoms with E-state index in [0.717, 1.165) is 10.5 Å². The van der Waals surface area contributed by atoms with Crippen LogP contribution >= 0.6 is 0 Å². The zero-order valence-electron chi connectivity index (χ0n) is 24.4. The molecule has 0 unspecified atom stereocenters. The molecule has 10 nitrogen and oxygen atoms in total. The Bertz CT molecular complexity index is 1470. The van der Waals surface area contributed by atoms with Gasteiger partial charge >= 0.3 is 6.09 Å². The molecule has 0 spiro atoms. The molecule has 0 saturated carbocycles. The van der Waals surface area contributed by atoms with Crippen LogP contribution in [0, 0.1) is 11.2 Å². The molecule has 1 aliphatic rings. The first-order chi connectivity index (χ1) is 19.8. The second-order valence-corrected chi connectivity index (χ2v) is 11.8. The molecule has 0 bridgehead atoms. The van der Waals surface area contributed by atoms with Gasteiger partial charge in [-0.15, -0.1) is 0 Å². The summed E-state index contributed by atoms with van der Waals surface area (Å²) in [6.45, 7) is 6.80. The average molecular weight is 581 g/mol. The number of carbonyl (C=O) groups excluding carboxylic acids is 4. The van der Waals surface area contributed by atoms with Crippen LogP contribution in [0.2, 0.25) is 0 Å². The number of ether oxygens (including phenoxy) is 1. The van der Waals surface area contributed by atoms with Crippen LogP contribution in [0.15, 0.2) is 54.7 Å². The van der Waals surface area contributed by atoms with Crippen LogP contribution in [0.1, 0.15) is 50.0 Å². The number of benzene rings is 2. The van der Waals surface area contributed by atoms with Gasteiger partial charge in [0.1, 0.15) is 24.5 Å².